The monoisotopic (exact) mass is 507 g/mol. The Morgan fingerprint density at radius 3 is 1.79 bits per heavy atom. The number of hydrogen-bond acceptors (Lipinski definition) is 1. The molecule has 0 aromatic rings. The number of allylic oxidation sites excluding steroid dienone is 1. The Bertz CT molecular complexity index is 738. The fourth-order valence-corrected chi connectivity index (χ4v) is 4.63. The van der Waals surface area contributed by atoms with E-state index in [9.17, 15) is 57.5 Å². The Kier molecular flexibility index (Phi) is 7.42. The second-order valence-electron chi connectivity index (χ2n) is 8.39. The molecule has 0 aromatic heterocycles. The third kappa shape index (κ3) is 4.19. The summed E-state index contributed by atoms with van der Waals surface area (Å²) in [6, 6.07) is -1.20. The smallest absolute Gasteiger partial charge is 0.348 e. The standard InChI is InChI=1S/C19H21F12NO/c1-2-9-7-8-12(11-6-4-3-5-10(9)11)32-14(33)16(24,25)18(28,29)19(30,31)17(26,27)15(22,23)13(20)21/h2,9-13H,1,3-8H2,(H,32,33). The molecule has 2 rings (SSSR count). The minimum absolute atomic E-state index is 0.0404. The largest absolute Gasteiger partial charge is 0.392 e. The van der Waals surface area contributed by atoms with Crippen molar-refractivity contribution < 1.29 is 57.5 Å². The molecule has 0 spiro atoms. The van der Waals surface area contributed by atoms with Crippen molar-refractivity contribution in [1.29, 1.82) is 0 Å². The van der Waals surface area contributed by atoms with Gasteiger partial charge in [0, 0.05) is 6.04 Å². The molecule has 4 atom stereocenters. The van der Waals surface area contributed by atoms with Crippen molar-refractivity contribution in [2.75, 3.05) is 0 Å². The van der Waals surface area contributed by atoms with Crippen molar-refractivity contribution >= 4 is 5.91 Å². The fraction of sp³-hybridized carbons (Fsp3) is 0.842. The van der Waals surface area contributed by atoms with Gasteiger partial charge in [0.05, 0.1) is 0 Å². The molecule has 0 radical (unpaired) electrons. The first-order valence-corrected chi connectivity index (χ1v) is 9.98. The lowest BCUT2D eigenvalue weighted by Crippen LogP contribution is -2.71. The van der Waals surface area contributed by atoms with Gasteiger partial charge in [0.1, 0.15) is 0 Å². The first-order valence-electron chi connectivity index (χ1n) is 9.98. The average molecular weight is 507 g/mol. The van der Waals surface area contributed by atoms with Crippen LogP contribution in [0.5, 0.6) is 0 Å². The molecule has 0 heterocycles. The Balaban J connectivity index is 2.31. The van der Waals surface area contributed by atoms with Crippen molar-refractivity contribution in [3.05, 3.63) is 12.7 Å². The molecule has 1 amide bonds. The van der Waals surface area contributed by atoms with Crippen molar-refractivity contribution in [1.82, 2.24) is 5.32 Å². The lowest BCUT2D eigenvalue weighted by atomic mass is 9.63. The molecule has 0 aliphatic heterocycles. The third-order valence-electron chi connectivity index (χ3n) is 6.53. The summed E-state index contributed by atoms with van der Waals surface area (Å²) >= 11 is 0. The van der Waals surface area contributed by atoms with Gasteiger partial charge >= 0.3 is 36.0 Å². The zero-order chi connectivity index (χ0) is 25.6. The van der Waals surface area contributed by atoms with Crippen molar-refractivity contribution in [3.8, 4) is 0 Å². The zero-order valence-corrected chi connectivity index (χ0v) is 16.9. The van der Waals surface area contributed by atoms with E-state index in [0.29, 0.717) is 19.3 Å². The molecular formula is C19H21F12NO. The van der Waals surface area contributed by atoms with E-state index in [1.54, 1.807) is 6.08 Å². The molecule has 192 valence electrons. The molecule has 2 aliphatic carbocycles. The van der Waals surface area contributed by atoms with Crippen molar-refractivity contribution in [3.63, 3.8) is 0 Å². The highest BCUT2D eigenvalue weighted by molar-refractivity contribution is 5.85. The summed E-state index contributed by atoms with van der Waals surface area (Å²) in [6.45, 7) is 3.64. The molecule has 0 bridgehead atoms. The number of carbonyl (C=O) groups excluding carboxylic acids is 1. The molecule has 2 aliphatic rings. The molecule has 2 fully saturated rings. The molecule has 0 saturated heterocycles. The van der Waals surface area contributed by atoms with Crippen LogP contribution in [-0.2, 0) is 4.79 Å². The van der Waals surface area contributed by atoms with Crippen LogP contribution in [0.15, 0.2) is 12.7 Å². The lowest BCUT2D eigenvalue weighted by molar-refractivity contribution is -0.407. The van der Waals surface area contributed by atoms with Gasteiger partial charge in [-0.05, 0) is 43.4 Å². The predicted octanol–water partition coefficient (Wildman–Crippen LogP) is 6.32. The van der Waals surface area contributed by atoms with Crippen LogP contribution in [-0.4, -0.2) is 48.0 Å². The molecule has 1 N–H and O–H groups in total. The molecule has 2 nitrogen and oxygen atoms in total. The normalized spacial score (nSPS) is 27.8. The number of fused-ring (bicyclic) bond motifs is 1. The number of carbonyl (C=O) groups is 1. The zero-order valence-electron chi connectivity index (χ0n) is 16.9. The van der Waals surface area contributed by atoms with Crippen LogP contribution in [0.25, 0.3) is 0 Å². The summed E-state index contributed by atoms with van der Waals surface area (Å²) in [7, 11) is 0. The summed E-state index contributed by atoms with van der Waals surface area (Å²) in [5.41, 5.74) is 0. The van der Waals surface area contributed by atoms with Crippen LogP contribution in [0.2, 0.25) is 0 Å². The van der Waals surface area contributed by atoms with Gasteiger partial charge in [-0.1, -0.05) is 18.9 Å². The number of halogens is 12. The second-order valence-corrected chi connectivity index (χ2v) is 8.39. The van der Waals surface area contributed by atoms with Gasteiger partial charge < -0.3 is 5.32 Å². The number of alkyl halides is 12. The van der Waals surface area contributed by atoms with Gasteiger partial charge in [0.25, 0.3) is 5.91 Å². The van der Waals surface area contributed by atoms with Crippen molar-refractivity contribution in [2.45, 2.75) is 80.6 Å². The van der Waals surface area contributed by atoms with Gasteiger partial charge in [0.2, 0.25) is 0 Å². The topological polar surface area (TPSA) is 29.1 Å². The third-order valence-corrected chi connectivity index (χ3v) is 6.53. The average Bonchev–Trinajstić information content (AvgIpc) is 2.73. The summed E-state index contributed by atoms with van der Waals surface area (Å²) in [6.07, 6.45) is -1.43. The number of hydrogen-bond donors (Lipinski definition) is 1. The molecule has 0 aromatic carbocycles. The van der Waals surface area contributed by atoms with E-state index >= 15 is 0 Å². The van der Waals surface area contributed by atoms with Gasteiger partial charge in [-0.15, -0.1) is 6.58 Å². The van der Waals surface area contributed by atoms with Crippen LogP contribution in [0.4, 0.5) is 52.7 Å². The second kappa shape index (κ2) is 8.86. The summed E-state index contributed by atoms with van der Waals surface area (Å²) in [4.78, 5) is 11.9. The van der Waals surface area contributed by atoms with Crippen LogP contribution >= 0.6 is 0 Å². The van der Waals surface area contributed by atoms with E-state index in [2.05, 4.69) is 6.58 Å². The Morgan fingerprint density at radius 1 is 0.788 bits per heavy atom. The van der Waals surface area contributed by atoms with Crippen LogP contribution in [0.1, 0.15) is 38.5 Å². The highest BCUT2D eigenvalue weighted by Crippen LogP contribution is 2.58. The number of amides is 1. The Morgan fingerprint density at radius 2 is 1.30 bits per heavy atom. The van der Waals surface area contributed by atoms with E-state index in [1.165, 1.54) is 5.32 Å². The molecule has 4 unspecified atom stereocenters. The van der Waals surface area contributed by atoms with E-state index in [0.717, 1.165) is 6.42 Å². The first-order chi connectivity index (χ1) is 14.9. The van der Waals surface area contributed by atoms with Crippen LogP contribution < -0.4 is 5.32 Å². The molecular weight excluding hydrogens is 486 g/mol. The summed E-state index contributed by atoms with van der Waals surface area (Å²) in [5.74, 6) is -40.3. The molecule has 14 heteroatoms. The molecule has 2 saturated carbocycles. The maximum atomic E-state index is 14.1. The van der Waals surface area contributed by atoms with Crippen molar-refractivity contribution in [2.24, 2.45) is 17.8 Å². The maximum absolute atomic E-state index is 14.1. The highest BCUT2D eigenvalue weighted by Gasteiger charge is 2.89. The summed E-state index contributed by atoms with van der Waals surface area (Å²) in [5, 5.41) is 1.48. The fourth-order valence-electron chi connectivity index (χ4n) is 4.63. The van der Waals surface area contributed by atoms with Gasteiger partial charge in [-0.3, -0.25) is 4.79 Å². The minimum Gasteiger partial charge on any atom is -0.348 e. The van der Waals surface area contributed by atoms with E-state index in [4.69, 9.17) is 0 Å². The van der Waals surface area contributed by atoms with E-state index < -0.39 is 53.9 Å². The summed E-state index contributed by atoms with van der Waals surface area (Å²) < 4.78 is 160. The van der Waals surface area contributed by atoms with Crippen LogP contribution in [0, 0.1) is 17.8 Å². The molecule has 33 heavy (non-hydrogen) atoms. The van der Waals surface area contributed by atoms with Gasteiger partial charge in [-0.25, -0.2) is 8.78 Å². The van der Waals surface area contributed by atoms with Crippen LogP contribution in [0.3, 0.4) is 0 Å². The van der Waals surface area contributed by atoms with Gasteiger partial charge in [0.15, 0.2) is 0 Å². The predicted molar refractivity (Wildman–Crippen MR) is 91.0 cm³/mol. The minimum atomic E-state index is -7.71. The quantitative estimate of drug-likeness (QED) is 0.303. The first kappa shape index (κ1) is 27.6. The maximum Gasteiger partial charge on any atom is 0.392 e. The van der Waals surface area contributed by atoms with E-state index in [1.807, 2.05) is 0 Å². The number of rotatable bonds is 8. The SMILES string of the molecule is C=CC1CCC(NC(=O)C(F)(F)C(F)(F)C(F)(F)C(F)(F)C(F)(F)C(F)F)C2CCCCC12. The Labute approximate surface area is 180 Å². The highest BCUT2D eigenvalue weighted by atomic mass is 19.4. The number of nitrogens with one attached hydrogen (secondary N) is 1. The van der Waals surface area contributed by atoms with Gasteiger partial charge in [-0.2, -0.15) is 43.9 Å². The lowest BCUT2D eigenvalue weighted by Gasteiger charge is -2.46. The Hall–Kier alpha value is -1.63. The van der Waals surface area contributed by atoms with E-state index in [-0.39, 0.29) is 24.7 Å².